The molecular formula is C22H26ClN5O6S. The minimum Gasteiger partial charge on any atom is -0.497 e. The van der Waals surface area contributed by atoms with Gasteiger partial charge in [-0.2, -0.15) is 4.98 Å². The molecule has 0 unspecified atom stereocenters. The normalized spacial score (nSPS) is 11.0. The van der Waals surface area contributed by atoms with Gasteiger partial charge in [-0.25, -0.2) is 13.4 Å². The molecule has 0 radical (unpaired) electrons. The highest BCUT2D eigenvalue weighted by atomic mass is 35.5. The van der Waals surface area contributed by atoms with Crippen molar-refractivity contribution in [1.29, 1.82) is 0 Å². The number of anilines is 5. The summed E-state index contributed by atoms with van der Waals surface area (Å²) in [6.07, 6.45) is 2.84. The first-order valence-electron chi connectivity index (χ1n) is 10.3. The van der Waals surface area contributed by atoms with Crippen LogP contribution in [-0.2, 0) is 16.4 Å². The maximum absolute atomic E-state index is 11.8. The van der Waals surface area contributed by atoms with Crippen LogP contribution in [0.5, 0.6) is 17.2 Å². The molecule has 11 nitrogen and oxygen atoms in total. The van der Waals surface area contributed by atoms with Crippen molar-refractivity contribution in [2.75, 3.05) is 49.5 Å². The van der Waals surface area contributed by atoms with E-state index < -0.39 is 10.0 Å². The zero-order chi connectivity index (χ0) is 25.6. The number of halogens is 1. The number of aromatic nitrogens is 2. The second kappa shape index (κ2) is 11.3. The fourth-order valence-electron chi connectivity index (χ4n) is 3.18. The summed E-state index contributed by atoms with van der Waals surface area (Å²) in [6, 6.07) is 8.29. The number of benzene rings is 2. The maximum atomic E-state index is 11.8. The number of nitrogens with one attached hydrogen (secondary N) is 3. The first-order chi connectivity index (χ1) is 16.7. The Hall–Kier alpha value is -3.48. The fourth-order valence-corrected chi connectivity index (χ4v) is 3.89. The first-order valence-corrected chi connectivity index (χ1v) is 12.5. The monoisotopic (exact) mass is 523 g/mol. The van der Waals surface area contributed by atoms with Crippen LogP contribution in [0.2, 0.25) is 5.02 Å². The summed E-state index contributed by atoms with van der Waals surface area (Å²) in [4.78, 5) is 8.64. The number of methoxy groups -OCH3 is 3. The van der Waals surface area contributed by atoms with Gasteiger partial charge < -0.3 is 30.0 Å². The molecule has 35 heavy (non-hydrogen) atoms. The molecule has 3 rings (SSSR count). The van der Waals surface area contributed by atoms with E-state index in [9.17, 15) is 13.5 Å². The van der Waals surface area contributed by atoms with Crippen LogP contribution in [0.3, 0.4) is 0 Å². The number of nitrogens with zero attached hydrogens (tertiary/aromatic N) is 2. The van der Waals surface area contributed by atoms with Crippen molar-refractivity contribution in [3.05, 3.63) is 47.1 Å². The molecule has 188 valence electrons. The van der Waals surface area contributed by atoms with E-state index in [0.29, 0.717) is 35.0 Å². The smallest absolute Gasteiger partial charge is 0.229 e. The first kappa shape index (κ1) is 26.1. The number of sulfonamides is 1. The van der Waals surface area contributed by atoms with Gasteiger partial charge in [0.15, 0.2) is 5.82 Å². The molecule has 1 aromatic heterocycles. The average molecular weight is 524 g/mol. The van der Waals surface area contributed by atoms with Crippen LogP contribution in [0.4, 0.5) is 28.8 Å². The Morgan fingerprint density at radius 3 is 2.34 bits per heavy atom. The molecule has 0 amide bonds. The predicted molar refractivity (Wildman–Crippen MR) is 135 cm³/mol. The molecule has 0 aliphatic rings. The summed E-state index contributed by atoms with van der Waals surface area (Å²) in [6.45, 7) is -0.0385. The summed E-state index contributed by atoms with van der Waals surface area (Å²) in [5.74, 6) is 1.94. The van der Waals surface area contributed by atoms with Crippen LogP contribution in [0, 0.1) is 0 Å². The highest BCUT2D eigenvalue weighted by Crippen LogP contribution is 2.36. The Kier molecular flexibility index (Phi) is 8.43. The third-order valence-electron chi connectivity index (χ3n) is 4.75. The summed E-state index contributed by atoms with van der Waals surface area (Å²) < 4.78 is 42.2. The lowest BCUT2D eigenvalue weighted by atomic mass is 10.1. The number of aliphatic hydroxyl groups excluding tert-OH is 1. The van der Waals surface area contributed by atoms with Gasteiger partial charge in [-0.1, -0.05) is 11.6 Å². The van der Waals surface area contributed by atoms with Gasteiger partial charge in [0, 0.05) is 24.3 Å². The van der Waals surface area contributed by atoms with E-state index in [1.165, 1.54) is 33.6 Å². The van der Waals surface area contributed by atoms with Crippen molar-refractivity contribution in [1.82, 2.24) is 9.97 Å². The van der Waals surface area contributed by atoms with Gasteiger partial charge in [0.25, 0.3) is 0 Å². The van der Waals surface area contributed by atoms with Crippen LogP contribution in [0.25, 0.3) is 0 Å². The number of ether oxygens (including phenoxy) is 3. The zero-order valence-corrected chi connectivity index (χ0v) is 21.1. The summed E-state index contributed by atoms with van der Waals surface area (Å²) in [5.41, 5.74) is 1.96. The summed E-state index contributed by atoms with van der Waals surface area (Å²) in [7, 11) is 0.966. The number of hydrogen-bond donors (Lipinski definition) is 4. The molecular weight excluding hydrogens is 498 g/mol. The maximum Gasteiger partial charge on any atom is 0.229 e. The van der Waals surface area contributed by atoms with Crippen molar-refractivity contribution in [3.8, 4) is 17.2 Å². The van der Waals surface area contributed by atoms with Crippen LogP contribution < -0.4 is 29.6 Å². The topological polar surface area (TPSA) is 144 Å². The molecule has 0 saturated heterocycles. The molecule has 0 aliphatic carbocycles. The third kappa shape index (κ3) is 6.78. The molecule has 0 fully saturated rings. The largest absolute Gasteiger partial charge is 0.497 e. The van der Waals surface area contributed by atoms with E-state index in [-0.39, 0.29) is 29.1 Å². The van der Waals surface area contributed by atoms with Crippen molar-refractivity contribution < 1.29 is 27.7 Å². The standard InChI is InChI=1S/C22H26ClN5O6S/c1-32-14-5-6-16(17(10-14)28-35(4,30)31)25-21-15(23)12-24-22(27-21)26-18-11-19(33-2)13(7-8-29)9-20(18)34-3/h5-6,9-12,28-29H,7-8H2,1-4H3,(H2,24,25,26,27). The number of aliphatic hydroxyl groups is 1. The van der Waals surface area contributed by atoms with Gasteiger partial charge in [0.1, 0.15) is 22.3 Å². The van der Waals surface area contributed by atoms with Crippen molar-refractivity contribution >= 4 is 50.5 Å². The van der Waals surface area contributed by atoms with Gasteiger partial charge >= 0.3 is 0 Å². The summed E-state index contributed by atoms with van der Waals surface area (Å²) in [5, 5.41) is 15.6. The lowest BCUT2D eigenvalue weighted by molar-refractivity contribution is 0.296. The van der Waals surface area contributed by atoms with Gasteiger partial charge in [0.05, 0.1) is 50.8 Å². The molecule has 4 N–H and O–H groups in total. The zero-order valence-electron chi connectivity index (χ0n) is 19.5. The van der Waals surface area contributed by atoms with E-state index in [0.717, 1.165) is 11.8 Å². The number of rotatable bonds is 11. The quantitative estimate of drug-likeness (QED) is 0.294. The van der Waals surface area contributed by atoms with Crippen LogP contribution in [-0.4, -0.2) is 57.7 Å². The van der Waals surface area contributed by atoms with E-state index in [2.05, 4.69) is 25.3 Å². The molecule has 0 saturated carbocycles. The molecule has 2 aromatic carbocycles. The van der Waals surface area contributed by atoms with Crippen LogP contribution >= 0.6 is 11.6 Å². The average Bonchev–Trinajstić information content (AvgIpc) is 2.82. The Morgan fingerprint density at radius 2 is 1.71 bits per heavy atom. The second-order valence-electron chi connectivity index (χ2n) is 7.26. The van der Waals surface area contributed by atoms with Crippen LogP contribution in [0.15, 0.2) is 36.5 Å². The van der Waals surface area contributed by atoms with Crippen LogP contribution in [0.1, 0.15) is 5.56 Å². The number of hydrogen-bond acceptors (Lipinski definition) is 10. The predicted octanol–water partition coefficient (Wildman–Crippen LogP) is 3.55. The van der Waals surface area contributed by atoms with Crippen molar-refractivity contribution in [3.63, 3.8) is 0 Å². The van der Waals surface area contributed by atoms with Crippen molar-refractivity contribution in [2.24, 2.45) is 0 Å². The minimum absolute atomic E-state index is 0.0385. The van der Waals surface area contributed by atoms with Gasteiger partial charge in [-0.05, 0) is 24.6 Å². The Bertz CT molecular complexity index is 1310. The second-order valence-corrected chi connectivity index (χ2v) is 9.42. The summed E-state index contributed by atoms with van der Waals surface area (Å²) >= 11 is 6.31. The van der Waals surface area contributed by atoms with Gasteiger partial charge in [-0.3, -0.25) is 4.72 Å². The van der Waals surface area contributed by atoms with Crippen molar-refractivity contribution in [2.45, 2.75) is 6.42 Å². The van der Waals surface area contributed by atoms with E-state index in [1.54, 1.807) is 24.3 Å². The molecule has 0 atom stereocenters. The molecule has 0 aliphatic heterocycles. The molecule has 3 aromatic rings. The molecule has 0 bridgehead atoms. The van der Waals surface area contributed by atoms with E-state index >= 15 is 0 Å². The third-order valence-corrected chi connectivity index (χ3v) is 5.62. The highest BCUT2D eigenvalue weighted by Gasteiger charge is 2.15. The Labute approximate surface area is 208 Å². The SMILES string of the molecule is COc1ccc(Nc2nc(Nc3cc(OC)c(CCO)cc3OC)ncc2Cl)c(NS(C)(=O)=O)c1. The Balaban J connectivity index is 1.95. The Morgan fingerprint density at radius 1 is 0.971 bits per heavy atom. The van der Waals surface area contributed by atoms with E-state index in [1.807, 2.05) is 0 Å². The molecule has 13 heteroatoms. The van der Waals surface area contributed by atoms with Gasteiger partial charge in [-0.15, -0.1) is 0 Å². The minimum atomic E-state index is -3.56. The van der Waals surface area contributed by atoms with Gasteiger partial charge in [0.2, 0.25) is 16.0 Å². The highest BCUT2D eigenvalue weighted by molar-refractivity contribution is 7.92. The lowest BCUT2D eigenvalue weighted by Gasteiger charge is -2.17. The molecule has 0 spiro atoms. The molecule has 1 heterocycles. The lowest BCUT2D eigenvalue weighted by Crippen LogP contribution is -2.11. The fraction of sp³-hybridized carbons (Fsp3) is 0.273. The van der Waals surface area contributed by atoms with E-state index in [4.69, 9.17) is 25.8 Å².